The Balaban J connectivity index is 2.66. The maximum Gasteiger partial charge on any atom is 0.141 e. The summed E-state index contributed by atoms with van der Waals surface area (Å²) < 4.78 is 12.9. The van der Waals surface area contributed by atoms with E-state index in [0.717, 1.165) is 25.1 Å². The van der Waals surface area contributed by atoms with Gasteiger partial charge in [0.15, 0.2) is 0 Å². The van der Waals surface area contributed by atoms with Gasteiger partial charge in [0.25, 0.3) is 0 Å². The predicted octanol–water partition coefficient (Wildman–Crippen LogP) is 2.91. The van der Waals surface area contributed by atoms with Crippen molar-refractivity contribution in [2.45, 2.75) is 19.8 Å². The maximum absolute atomic E-state index is 12.9. The van der Waals surface area contributed by atoms with Crippen molar-refractivity contribution in [2.24, 2.45) is 0 Å². The number of nitrogens with one attached hydrogen (secondary N) is 1. The minimum absolute atomic E-state index is 0.0894. The molecule has 1 N–H and O–H groups in total. The fourth-order valence-electron chi connectivity index (χ4n) is 1.13. The summed E-state index contributed by atoms with van der Waals surface area (Å²) in [5, 5.41) is 11.7. The van der Waals surface area contributed by atoms with Crippen LogP contribution < -0.4 is 5.32 Å². The normalized spacial score (nSPS) is 9.50. The highest BCUT2D eigenvalue weighted by Crippen LogP contribution is 2.13. The summed E-state index contributed by atoms with van der Waals surface area (Å²) in [4.78, 5) is 0. The summed E-state index contributed by atoms with van der Waals surface area (Å²) in [6.07, 6.45) is 2.18. The average molecular weight is 192 g/mol. The Kier molecular flexibility index (Phi) is 3.93. The van der Waals surface area contributed by atoms with Crippen LogP contribution >= 0.6 is 0 Å². The number of halogens is 1. The third-order valence-corrected chi connectivity index (χ3v) is 1.95. The molecule has 0 aliphatic rings. The van der Waals surface area contributed by atoms with E-state index >= 15 is 0 Å². The molecule has 0 fully saturated rings. The van der Waals surface area contributed by atoms with E-state index in [-0.39, 0.29) is 5.56 Å². The Morgan fingerprint density at radius 3 is 2.93 bits per heavy atom. The molecule has 0 aliphatic heterocycles. The molecule has 0 saturated heterocycles. The zero-order valence-corrected chi connectivity index (χ0v) is 8.18. The quantitative estimate of drug-likeness (QED) is 0.744. The van der Waals surface area contributed by atoms with Gasteiger partial charge < -0.3 is 5.32 Å². The second-order valence-corrected chi connectivity index (χ2v) is 3.09. The highest BCUT2D eigenvalue weighted by molar-refractivity contribution is 5.49. The number of benzene rings is 1. The first-order valence-electron chi connectivity index (χ1n) is 4.71. The van der Waals surface area contributed by atoms with E-state index < -0.39 is 5.82 Å². The molecule has 0 heterocycles. The lowest BCUT2D eigenvalue weighted by molar-refractivity contribution is 0.624. The molecular formula is C11H13FN2. The van der Waals surface area contributed by atoms with Gasteiger partial charge in [-0.2, -0.15) is 5.26 Å². The Bertz CT molecular complexity index is 342. The first-order chi connectivity index (χ1) is 6.77. The Labute approximate surface area is 83.4 Å². The smallest absolute Gasteiger partial charge is 0.141 e. The molecule has 3 heteroatoms. The fraction of sp³-hybridized carbons (Fsp3) is 0.364. The molecule has 1 rings (SSSR count). The zero-order valence-electron chi connectivity index (χ0n) is 8.18. The summed E-state index contributed by atoms with van der Waals surface area (Å²) in [5.41, 5.74) is 0.892. The molecule has 0 aliphatic carbocycles. The summed E-state index contributed by atoms with van der Waals surface area (Å²) in [5.74, 6) is -0.464. The first-order valence-corrected chi connectivity index (χ1v) is 4.71. The Morgan fingerprint density at radius 1 is 1.50 bits per heavy atom. The van der Waals surface area contributed by atoms with E-state index in [1.54, 1.807) is 6.07 Å². The standard InChI is InChI=1S/C11H13FN2/c1-2-3-6-14-10-4-5-11(12)9(7-10)8-13/h4-5,7,14H,2-3,6H2,1H3. The van der Waals surface area contributed by atoms with Crippen molar-refractivity contribution in [2.75, 3.05) is 11.9 Å². The van der Waals surface area contributed by atoms with Crippen LogP contribution in [0.3, 0.4) is 0 Å². The van der Waals surface area contributed by atoms with Crippen LogP contribution in [0.2, 0.25) is 0 Å². The molecule has 14 heavy (non-hydrogen) atoms. The van der Waals surface area contributed by atoms with Crippen LogP contribution in [0.4, 0.5) is 10.1 Å². The molecule has 0 spiro atoms. The van der Waals surface area contributed by atoms with Crippen molar-refractivity contribution in [1.82, 2.24) is 0 Å². The molecule has 0 bridgehead atoms. The number of hydrogen-bond donors (Lipinski definition) is 1. The Hall–Kier alpha value is -1.56. The molecule has 0 radical (unpaired) electrons. The van der Waals surface area contributed by atoms with Crippen LogP contribution in [0.25, 0.3) is 0 Å². The lowest BCUT2D eigenvalue weighted by Crippen LogP contribution is -2.01. The summed E-state index contributed by atoms with van der Waals surface area (Å²) in [6, 6.07) is 6.30. The van der Waals surface area contributed by atoms with Crippen LogP contribution in [-0.4, -0.2) is 6.54 Å². The van der Waals surface area contributed by atoms with Crippen LogP contribution in [0.5, 0.6) is 0 Å². The summed E-state index contributed by atoms with van der Waals surface area (Å²) in [7, 11) is 0. The lowest BCUT2D eigenvalue weighted by Gasteiger charge is -2.05. The van der Waals surface area contributed by atoms with Gasteiger partial charge in [-0.15, -0.1) is 0 Å². The molecule has 1 aromatic rings. The molecule has 1 aromatic carbocycles. The van der Waals surface area contributed by atoms with Crippen molar-refractivity contribution in [3.8, 4) is 6.07 Å². The van der Waals surface area contributed by atoms with Gasteiger partial charge in [-0.3, -0.25) is 0 Å². The average Bonchev–Trinajstić information content (AvgIpc) is 2.21. The molecular weight excluding hydrogens is 179 g/mol. The van der Waals surface area contributed by atoms with Crippen molar-refractivity contribution in [1.29, 1.82) is 5.26 Å². The third kappa shape index (κ3) is 2.74. The van der Waals surface area contributed by atoms with Gasteiger partial charge in [-0.1, -0.05) is 13.3 Å². The van der Waals surface area contributed by atoms with Crippen molar-refractivity contribution < 1.29 is 4.39 Å². The second-order valence-electron chi connectivity index (χ2n) is 3.09. The Morgan fingerprint density at radius 2 is 2.29 bits per heavy atom. The lowest BCUT2D eigenvalue weighted by atomic mass is 10.2. The third-order valence-electron chi connectivity index (χ3n) is 1.95. The topological polar surface area (TPSA) is 35.8 Å². The van der Waals surface area contributed by atoms with Crippen molar-refractivity contribution in [3.63, 3.8) is 0 Å². The number of unbranched alkanes of at least 4 members (excludes halogenated alkanes) is 1. The van der Waals surface area contributed by atoms with Crippen LogP contribution in [-0.2, 0) is 0 Å². The minimum Gasteiger partial charge on any atom is -0.385 e. The van der Waals surface area contributed by atoms with Gasteiger partial charge in [-0.25, -0.2) is 4.39 Å². The van der Waals surface area contributed by atoms with Gasteiger partial charge in [0, 0.05) is 12.2 Å². The molecule has 2 nitrogen and oxygen atoms in total. The van der Waals surface area contributed by atoms with Crippen molar-refractivity contribution >= 4 is 5.69 Å². The molecule has 0 saturated carbocycles. The van der Waals surface area contributed by atoms with Crippen LogP contribution in [0, 0.1) is 17.1 Å². The fourth-order valence-corrected chi connectivity index (χ4v) is 1.13. The van der Waals surface area contributed by atoms with Gasteiger partial charge in [0.2, 0.25) is 0 Å². The monoisotopic (exact) mass is 192 g/mol. The molecule has 0 atom stereocenters. The molecule has 0 aromatic heterocycles. The zero-order chi connectivity index (χ0) is 10.4. The van der Waals surface area contributed by atoms with E-state index in [1.165, 1.54) is 12.1 Å². The highest BCUT2D eigenvalue weighted by Gasteiger charge is 2.01. The number of rotatable bonds is 4. The SMILES string of the molecule is CCCCNc1ccc(F)c(C#N)c1. The van der Waals surface area contributed by atoms with E-state index in [9.17, 15) is 4.39 Å². The van der Waals surface area contributed by atoms with Crippen LogP contribution in [0.1, 0.15) is 25.3 Å². The van der Waals surface area contributed by atoms with E-state index in [2.05, 4.69) is 12.2 Å². The van der Waals surface area contributed by atoms with E-state index in [0.29, 0.717) is 0 Å². The van der Waals surface area contributed by atoms with Gasteiger partial charge >= 0.3 is 0 Å². The highest BCUT2D eigenvalue weighted by atomic mass is 19.1. The largest absolute Gasteiger partial charge is 0.385 e. The van der Waals surface area contributed by atoms with Gasteiger partial charge in [0.1, 0.15) is 11.9 Å². The summed E-state index contributed by atoms with van der Waals surface area (Å²) >= 11 is 0. The van der Waals surface area contributed by atoms with E-state index in [4.69, 9.17) is 5.26 Å². The van der Waals surface area contributed by atoms with Gasteiger partial charge in [0.05, 0.1) is 5.56 Å². The van der Waals surface area contributed by atoms with E-state index in [1.807, 2.05) is 6.07 Å². The van der Waals surface area contributed by atoms with Gasteiger partial charge in [-0.05, 0) is 24.6 Å². The first kappa shape index (κ1) is 10.5. The number of nitrogens with zero attached hydrogens (tertiary/aromatic N) is 1. The molecule has 0 amide bonds. The number of hydrogen-bond acceptors (Lipinski definition) is 2. The van der Waals surface area contributed by atoms with Crippen LogP contribution in [0.15, 0.2) is 18.2 Å². The maximum atomic E-state index is 12.9. The predicted molar refractivity (Wildman–Crippen MR) is 54.5 cm³/mol. The number of nitriles is 1. The minimum atomic E-state index is -0.464. The summed E-state index contributed by atoms with van der Waals surface area (Å²) in [6.45, 7) is 2.96. The molecule has 0 unspecified atom stereocenters. The van der Waals surface area contributed by atoms with Crippen molar-refractivity contribution in [3.05, 3.63) is 29.6 Å². The number of anilines is 1. The second kappa shape index (κ2) is 5.23. The molecule has 74 valence electrons.